The standard InChI is InChI=1S/C21H22ClN3O3S2/c1-15-13-24(18-7-3-2-5-16(18)22)10-11-25(15)20(26)9-12-30(27,28)19-8-4-6-17-21(19)29-14-23-17/h2-8,14-15H,9-13H2,1H3/t15-/m1/s1. The Kier molecular flexibility index (Phi) is 5.99. The molecule has 6 nitrogen and oxygen atoms in total. The number of aromatic nitrogens is 1. The van der Waals surface area contributed by atoms with Crippen LogP contribution in [0.15, 0.2) is 52.9 Å². The lowest BCUT2D eigenvalue weighted by Crippen LogP contribution is -2.54. The van der Waals surface area contributed by atoms with Crippen LogP contribution in [0.5, 0.6) is 0 Å². The minimum Gasteiger partial charge on any atom is -0.367 e. The van der Waals surface area contributed by atoms with E-state index in [-0.39, 0.29) is 29.0 Å². The van der Waals surface area contributed by atoms with Crippen LogP contribution in [0.1, 0.15) is 13.3 Å². The Bertz CT molecular complexity index is 1180. The van der Waals surface area contributed by atoms with Crippen molar-refractivity contribution in [1.82, 2.24) is 9.88 Å². The first-order valence-electron chi connectivity index (χ1n) is 9.71. The highest BCUT2D eigenvalue weighted by Gasteiger charge is 2.29. The van der Waals surface area contributed by atoms with E-state index >= 15 is 0 Å². The van der Waals surface area contributed by atoms with Crippen LogP contribution in [0.4, 0.5) is 5.69 Å². The highest BCUT2D eigenvalue weighted by molar-refractivity contribution is 7.91. The van der Waals surface area contributed by atoms with Gasteiger partial charge in [0.15, 0.2) is 9.84 Å². The monoisotopic (exact) mass is 463 g/mol. The number of para-hydroxylation sites is 1. The highest BCUT2D eigenvalue weighted by Crippen LogP contribution is 2.29. The van der Waals surface area contributed by atoms with Crippen molar-refractivity contribution in [2.24, 2.45) is 0 Å². The van der Waals surface area contributed by atoms with Gasteiger partial charge in [0, 0.05) is 32.1 Å². The van der Waals surface area contributed by atoms with Gasteiger partial charge in [-0.1, -0.05) is 29.8 Å². The highest BCUT2D eigenvalue weighted by atomic mass is 35.5. The predicted molar refractivity (Wildman–Crippen MR) is 121 cm³/mol. The normalized spacial score (nSPS) is 17.5. The number of carbonyl (C=O) groups excluding carboxylic acids is 1. The quantitative estimate of drug-likeness (QED) is 0.574. The number of anilines is 1. The van der Waals surface area contributed by atoms with E-state index in [1.807, 2.05) is 31.2 Å². The second-order valence-corrected chi connectivity index (χ2v) is 10.7. The summed E-state index contributed by atoms with van der Waals surface area (Å²) in [5, 5.41) is 0.688. The average molecular weight is 464 g/mol. The SMILES string of the molecule is C[C@@H]1CN(c2ccccc2Cl)CCN1C(=O)CCS(=O)(=O)c1cccc2ncsc12. The van der Waals surface area contributed by atoms with E-state index in [0.717, 1.165) is 5.69 Å². The summed E-state index contributed by atoms with van der Waals surface area (Å²) in [6.07, 6.45) is -0.0338. The number of piperazine rings is 1. The van der Waals surface area contributed by atoms with Gasteiger partial charge in [-0.2, -0.15) is 0 Å². The summed E-state index contributed by atoms with van der Waals surface area (Å²) < 4.78 is 26.4. The van der Waals surface area contributed by atoms with E-state index in [0.29, 0.717) is 34.9 Å². The largest absolute Gasteiger partial charge is 0.367 e. The second-order valence-electron chi connectivity index (χ2n) is 7.36. The van der Waals surface area contributed by atoms with Crippen LogP contribution >= 0.6 is 22.9 Å². The molecule has 4 rings (SSSR count). The zero-order valence-electron chi connectivity index (χ0n) is 16.5. The van der Waals surface area contributed by atoms with E-state index in [9.17, 15) is 13.2 Å². The van der Waals surface area contributed by atoms with Crippen LogP contribution in [-0.2, 0) is 14.6 Å². The lowest BCUT2D eigenvalue weighted by atomic mass is 10.1. The van der Waals surface area contributed by atoms with Gasteiger partial charge in [0.1, 0.15) is 0 Å². The fourth-order valence-electron chi connectivity index (χ4n) is 3.84. The smallest absolute Gasteiger partial charge is 0.223 e. The number of nitrogens with zero attached hydrogens (tertiary/aromatic N) is 3. The molecule has 1 atom stereocenters. The second kappa shape index (κ2) is 8.53. The third-order valence-corrected chi connectivity index (χ3v) is 8.46. The lowest BCUT2D eigenvalue weighted by molar-refractivity contribution is -0.133. The molecule has 2 heterocycles. The van der Waals surface area contributed by atoms with Crippen molar-refractivity contribution in [1.29, 1.82) is 0 Å². The molecule has 0 radical (unpaired) electrons. The van der Waals surface area contributed by atoms with Gasteiger partial charge >= 0.3 is 0 Å². The van der Waals surface area contributed by atoms with E-state index in [1.165, 1.54) is 11.3 Å². The minimum absolute atomic E-state index is 0.0323. The van der Waals surface area contributed by atoms with Gasteiger partial charge in [-0.15, -0.1) is 11.3 Å². The van der Waals surface area contributed by atoms with E-state index in [2.05, 4.69) is 9.88 Å². The third-order valence-electron chi connectivity index (χ3n) is 5.38. The first-order valence-corrected chi connectivity index (χ1v) is 12.6. The number of sulfone groups is 1. The first kappa shape index (κ1) is 21.1. The molecule has 0 saturated carbocycles. The maximum absolute atomic E-state index is 12.9. The summed E-state index contributed by atoms with van der Waals surface area (Å²) in [5.41, 5.74) is 3.25. The molecule has 1 saturated heterocycles. The Morgan fingerprint density at radius 2 is 2.00 bits per heavy atom. The Morgan fingerprint density at radius 1 is 1.20 bits per heavy atom. The molecule has 3 aromatic rings. The van der Waals surface area contributed by atoms with E-state index < -0.39 is 9.84 Å². The number of rotatable bonds is 5. The number of amides is 1. The summed E-state index contributed by atoms with van der Waals surface area (Å²) >= 11 is 7.60. The molecule has 2 aromatic carbocycles. The van der Waals surface area contributed by atoms with Crippen molar-refractivity contribution in [3.05, 3.63) is 53.0 Å². The van der Waals surface area contributed by atoms with Crippen molar-refractivity contribution < 1.29 is 13.2 Å². The molecule has 1 aromatic heterocycles. The zero-order chi connectivity index (χ0) is 21.3. The molecule has 158 valence electrons. The zero-order valence-corrected chi connectivity index (χ0v) is 18.9. The third kappa shape index (κ3) is 4.17. The van der Waals surface area contributed by atoms with Crippen molar-refractivity contribution >= 4 is 54.6 Å². The summed E-state index contributed by atoms with van der Waals surface area (Å²) in [5.74, 6) is -0.346. The van der Waals surface area contributed by atoms with Crippen LogP contribution in [0, 0.1) is 0 Å². The summed E-state index contributed by atoms with van der Waals surface area (Å²) in [7, 11) is -3.57. The Labute approximate surface area is 185 Å². The minimum atomic E-state index is -3.57. The van der Waals surface area contributed by atoms with Crippen molar-refractivity contribution in [2.75, 3.05) is 30.3 Å². The number of hydrogen-bond acceptors (Lipinski definition) is 6. The van der Waals surface area contributed by atoms with Crippen LogP contribution in [0.3, 0.4) is 0 Å². The topological polar surface area (TPSA) is 70.6 Å². The number of hydrogen-bond donors (Lipinski definition) is 0. The van der Waals surface area contributed by atoms with Crippen LogP contribution in [0.2, 0.25) is 5.02 Å². The molecule has 1 aliphatic rings. The molecule has 9 heteroatoms. The van der Waals surface area contributed by atoms with Gasteiger partial charge in [-0.05, 0) is 31.2 Å². The number of fused-ring (bicyclic) bond motifs is 1. The molecular weight excluding hydrogens is 442 g/mol. The van der Waals surface area contributed by atoms with Gasteiger partial charge in [-0.3, -0.25) is 4.79 Å². The maximum atomic E-state index is 12.9. The summed E-state index contributed by atoms with van der Waals surface area (Å²) in [4.78, 5) is 21.2. The predicted octanol–water partition coefficient (Wildman–Crippen LogP) is 3.85. The molecule has 0 unspecified atom stereocenters. The van der Waals surface area contributed by atoms with Crippen LogP contribution in [0.25, 0.3) is 10.2 Å². The molecular formula is C21H22ClN3O3S2. The molecule has 0 aliphatic carbocycles. The molecule has 0 spiro atoms. The van der Waals surface area contributed by atoms with Crippen LogP contribution < -0.4 is 4.90 Å². The molecule has 1 amide bonds. The molecule has 1 fully saturated rings. The Morgan fingerprint density at radius 3 is 2.77 bits per heavy atom. The number of halogens is 1. The first-order chi connectivity index (χ1) is 14.4. The molecule has 0 bridgehead atoms. The number of thiazole rings is 1. The number of benzene rings is 2. The molecule has 30 heavy (non-hydrogen) atoms. The van der Waals surface area contributed by atoms with E-state index in [1.54, 1.807) is 28.6 Å². The van der Waals surface area contributed by atoms with Crippen LogP contribution in [-0.4, -0.2) is 55.6 Å². The fourth-order valence-corrected chi connectivity index (χ4v) is 6.65. The Hall–Kier alpha value is -2.16. The summed E-state index contributed by atoms with van der Waals surface area (Å²) in [6.45, 7) is 3.83. The van der Waals surface area contributed by atoms with Gasteiger partial charge < -0.3 is 9.80 Å². The van der Waals surface area contributed by atoms with Crippen molar-refractivity contribution in [3.63, 3.8) is 0 Å². The maximum Gasteiger partial charge on any atom is 0.223 e. The van der Waals surface area contributed by atoms with Crippen molar-refractivity contribution in [3.8, 4) is 0 Å². The van der Waals surface area contributed by atoms with Crippen molar-refractivity contribution in [2.45, 2.75) is 24.3 Å². The average Bonchev–Trinajstić information content (AvgIpc) is 3.21. The van der Waals surface area contributed by atoms with Gasteiger partial charge in [0.05, 0.1) is 37.1 Å². The number of carbonyl (C=O) groups is 1. The van der Waals surface area contributed by atoms with Gasteiger partial charge in [0.2, 0.25) is 5.91 Å². The van der Waals surface area contributed by atoms with Gasteiger partial charge in [-0.25, -0.2) is 13.4 Å². The van der Waals surface area contributed by atoms with Gasteiger partial charge in [0.25, 0.3) is 0 Å². The fraction of sp³-hybridized carbons (Fsp3) is 0.333. The lowest BCUT2D eigenvalue weighted by Gasteiger charge is -2.41. The Balaban J connectivity index is 1.41. The molecule has 0 N–H and O–H groups in total. The summed E-state index contributed by atoms with van der Waals surface area (Å²) in [6, 6.07) is 12.7. The van der Waals surface area contributed by atoms with E-state index in [4.69, 9.17) is 11.6 Å². The molecule has 1 aliphatic heterocycles.